The SMILES string of the molecule is O=C1C(F)CC1Br. The normalized spacial score (nSPS) is 40.6. The largest absolute Gasteiger partial charge is 0.295 e. The first-order chi connectivity index (χ1) is 3.22. The van der Waals surface area contributed by atoms with E-state index in [4.69, 9.17) is 0 Å². The smallest absolute Gasteiger partial charge is 0.180 e. The quantitative estimate of drug-likeness (QED) is 0.493. The molecule has 0 bridgehead atoms. The highest BCUT2D eigenvalue weighted by atomic mass is 79.9. The van der Waals surface area contributed by atoms with E-state index in [1.165, 1.54) is 0 Å². The highest BCUT2D eigenvalue weighted by Gasteiger charge is 2.37. The van der Waals surface area contributed by atoms with Crippen LogP contribution in [0.5, 0.6) is 0 Å². The lowest BCUT2D eigenvalue weighted by molar-refractivity contribution is -0.129. The Labute approximate surface area is 49.0 Å². The lowest BCUT2D eigenvalue weighted by atomic mass is 9.96. The Morgan fingerprint density at radius 3 is 2.43 bits per heavy atom. The van der Waals surface area contributed by atoms with Crippen molar-refractivity contribution in [2.45, 2.75) is 17.4 Å². The van der Waals surface area contributed by atoms with Crippen LogP contribution in [0.15, 0.2) is 0 Å². The second-order valence-electron chi connectivity index (χ2n) is 1.57. The molecule has 0 radical (unpaired) electrons. The Kier molecular flexibility index (Phi) is 1.15. The van der Waals surface area contributed by atoms with Gasteiger partial charge in [0.2, 0.25) is 0 Å². The van der Waals surface area contributed by atoms with Crippen molar-refractivity contribution in [3.05, 3.63) is 0 Å². The molecule has 0 heterocycles. The van der Waals surface area contributed by atoms with E-state index < -0.39 is 6.17 Å². The molecule has 40 valence electrons. The van der Waals surface area contributed by atoms with Gasteiger partial charge in [-0.1, -0.05) is 15.9 Å². The van der Waals surface area contributed by atoms with Crippen LogP contribution < -0.4 is 0 Å². The molecule has 2 atom stereocenters. The fourth-order valence-corrected chi connectivity index (χ4v) is 1.06. The molecule has 0 aromatic carbocycles. The summed E-state index contributed by atoms with van der Waals surface area (Å²) in [6.07, 6.45) is -0.817. The topological polar surface area (TPSA) is 17.1 Å². The second kappa shape index (κ2) is 1.54. The van der Waals surface area contributed by atoms with Gasteiger partial charge < -0.3 is 0 Å². The molecule has 1 rings (SSSR count). The van der Waals surface area contributed by atoms with Crippen molar-refractivity contribution in [2.24, 2.45) is 0 Å². The number of hydrogen-bond acceptors (Lipinski definition) is 1. The summed E-state index contributed by atoms with van der Waals surface area (Å²) in [4.78, 5) is 9.95. The highest BCUT2D eigenvalue weighted by Crippen LogP contribution is 2.25. The summed E-state index contributed by atoms with van der Waals surface area (Å²) in [5.74, 6) is -0.306. The van der Waals surface area contributed by atoms with Crippen molar-refractivity contribution in [2.75, 3.05) is 0 Å². The third-order valence-electron chi connectivity index (χ3n) is 1.03. The standard InChI is InChI=1S/C4H4BrFO/c5-2-1-3(6)4(2)7/h2-3H,1H2. The Morgan fingerprint density at radius 2 is 2.43 bits per heavy atom. The Morgan fingerprint density at radius 1 is 1.86 bits per heavy atom. The molecule has 7 heavy (non-hydrogen) atoms. The molecule has 0 aromatic rings. The molecule has 0 aliphatic heterocycles. The van der Waals surface area contributed by atoms with Gasteiger partial charge in [-0.25, -0.2) is 4.39 Å². The molecular weight excluding hydrogens is 163 g/mol. The van der Waals surface area contributed by atoms with Gasteiger partial charge in [0.15, 0.2) is 12.0 Å². The minimum Gasteiger partial charge on any atom is -0.295 e. The van der Waals surface area contributed by atoms with Crippen LogP contribution in [0, 0.1) is 0 Å². The zero-order valence-corrected chi connectivity index (χ0v) is 5.11. The van der Waals surface area contributed by atoms with Crippen molar-refractivity contribution in [1.82, 2.24) is 0 Å². The van der Waals surface area contributed by atoms with Crippen LogP contribution in [0.25, 0.3) is 0 Å². The van der Waals surface area contributed by atoms with Gasteiger partial charge in [0.05, 0.1) is 4.83 Å². The number of carbonyl (C=O) groups is 1. The first-order valence-corrected chi connectivity index (χ1v) is 2.95. The monoisotopic (exact) mass is 166 g/mol. The summed E-state index contributed by atoms with van der Waals surface area (Å²) in [7, 11) is 0. The highest BCUT2D eigenvalue weighted by molar-refractivity contribution is 9.10. The molecule has 0 spiro atoms. The van der Waals surface area contributed by atoms with Crippen LogP contribution >= 0.6 is 15.9 Å². The van der Waals surface area contributed by atoms with Crippen molar-refractivity contribution >= 4 is 21.7 Å². The third-order valence-corrected chi connectivity index (χ3v) is 1.86. The number of hydrogen-bond donors (Lipinski definition) is 0. The van der Waals surface area contributed by atoms with Crippen LogP contribution in [0.4, 0.5) is 4.39 Å². The number of Topliss-reactive ketones (excluding diaryl/α,β-unsaturated/α-hetero) is 1. The molecule has 1 fully saturated rings. The van der Waals surface area contributed by atoms with Crippen molar-refractivity contribution in [3.8, 4) is 0 Å². The molecular formula is C4H4BrFO. The molecule has 0 amide bonds. The van der Waals surface area contributed by atoms with E-state index in [2.05, 4.69) is 15.9 Å². The molecule has 1 aliphatic rings. The first-order valence-electron chi connectivity index (χ1n) is 2.03. The maximum absolute atomic E-state index is 11.8. The fraction of sp³-hybridized carbons (Fsp3) is 0.750. The maximum atomic E-state index is 11.8. The van der Waals surface area contributed by atoms with Gasteiger partial charge in [-0.05, 0) is 0 Å². The van der Waals surface area contributed by atoms with E-state index in [0.717, 1.165) is 0 Å². The van der Waals surface area contributed by atoms with Crippen molar-refractivity contribution in [3.63, 3.8) is 0 Å². The summed E-state index contributed by atoms with van der Waals surface area (Å²) < 4.78 is 11.8. The van der Waals surface area contributed by atoms with Gasteiger partial charge in [0.1, 0.15) is 0 Å². The summed E-state index contributed by atoms with van der Waals surface area (Å²) in [5, 5.41) is 0. The summed E-state index contributed by atoms with van der Waals surface area (Å²) in [6, 6.07) is 0. The van der Waals surface area contributed by atoms with Crippen molar-refractivity contribution in [1.29, 1.82) is 0 Å². The van der Waals surface area contributed by atoms with Gasteiger partial charge in [0, 0.05) is 6.42 Å². The molecule has 1 saturated carbocycles. The maximum Gasteiger partial charge on any atom is 0.180 e. The summed E-state index contributed by atoms with van der Waals surface area (Å²) >= 11 is 2.98. The predicted octanol–water partition coefficient (Wildman–Crippen LogP) is 1.06. The van der Waals surface area contributed by atoms with Crippen LogP contribution in [-0.4, -0.2) is 16.8 Å². The zero-order valence-electron chi connectivity index (χ0n) is 3.53. The summed E-state index contributed by atoms with van der Waals surface area (Å²) in [5.41, 5.74) is 0. The van der Waals surface area contributed by atoms with Gasteiger partial charge in [0.25, 0.3) is 0 Å². The number of rotatable bonds is 0. The van der Waals surface area contributed by atoms with Crippen LogP contribution in [0.3, 0.4) is 0 Å². The van der Waals surface area contributed by atoms with Crippen LogP contribution in [-0.2, 0) is 4.79 Å². The van der Waals surface area contributed by atoms with E-state index in [9.17, 15) is 9.18 Å². The molecule has 1 nitrogen and oxygen atoms in total. The third kappa shape index (κ3) is 0.694. The number of halogens is 2. The van der Waals surface area contributed by atoms with E-state index >= 15 is 0 Å². The van der Waals surface area contributed by atoms with E-state index in [0.29, 0.717) is 6.42 Å². The number of ketones is 1. The predicted molar refractivity (Wildman–Crippen MR) is 27.2 cm³/mol. The molecule has 1 aliphatic carbocycles. The minimum atomic E-state index is -1.18. The molecule has 3 heteroatoms. The molecule has 0 N–H and O–H groups in total. The van der Waals surface area contributed by atoms with Crippen molar-refractivity contribution < 1.29 is 9.18 Å². The Hall–Kier alpha value is 0.0800. The minimum absolute atomic E-state index is 0.192. The second-order valence-corrected chi connectivity index (χ2v) is 2.68. The summed E-state index contributed by atoms with van der Waals surface area (Å²) in [6.45, 7) is 0. The average molecular weight is 167 g/mol. The molecule has 0 aromatic heterocycles. The van der Waals surface area contributed by atoms with Gasteiger partial charge in [-0.3, -0.25) is 4.79 Å². The Balaban J connectivity index is 2.44. The van der Waals surface area contributed by atoms with Crippen LogP contribution in [0.1, 0.15) is 6.42 Å². The number of alkyl halides is 2. The van der Waals surface area contributed by atoms with Crippen LogP contribution in [0.2, 0.25) is 0 Å². The average Bonchev–Trinajstić information content (AvgIpc) is 1.68. The molecule has 0 saturated heterocycles. The van der Waals surface area contributed by atoms with Gasteiger partial charge in [-0.2, -0.15) is 0 Å². The Bertz CT molecular complexity index is 93.9. The number of carbonyl (C=O) groups excluding carboxylic acids is 1. The molecule has 2 unspecified atom stereocenters. The lowest BCUT2D eigenvalue weighted by Gasteiger charge is -2.21. The fourth-order valence-electron chi connectivity index (χ4n) is 0.450. The first kappa shape index (κ1) is 5.22. The van der Waals surface area contributed by atoms with E-state index in [1.54, 1.807) is 0 Å². The van der Waals surface area contributed by atoms with Gasteiger partial charge in [-0.15, -0.1) is 0 Å². The van der Waals surface area contributed by atoms with E-state index in [1.807, 2.05) is 0 Å². The lowest BCUT2D eigenvalue weighted by Crippen LogP contribution is -2.39. The zero-order chi connectivity index (χ0) is 5.44. The van der Waals surface area contributed by atoms with Gasteiger partial charge >= 0.3 is 0 Å². The van der Waals surface area contributed by atoms with E-state index in [-0.39, 0.29) is 10.6 Å².